The second kappa shape index (κ2) is 12.5. The molecule has 1 heterocycles. The summed E-state index contributed by atoms with van der Waals surface area (Å²) in [6, 6.07) is 10.2. The molecule has 148 valence electrons. The highest BCUT2D eigenvalue weighted by atomic mass is 127. The van der Waals surface area contributed by atoms with Crippen molar-refractivity contribution in [2.24, 2.45) is 4.99 Å². The van der Waals surface area contributed by atoms with Crippen molar-refractivity contribution in [2.45, 2.75) is 25.0 Å². The number of nitrogens with one attached hydrogen (secondary N) is 2. The number of rotatable bonds is 8. The van der Waals surface area contributed by atoms with E-state index < -0.39 is 0 Å². The van der Waals surface area contributed by atoms with E-state index in [2.05, 4.69) is 46.8 Å². The summed E-state index contributed by atoms with van der Waals surface area (Å²) in [6.45, 7) is 4.50. The Morgan fingerprint density at radius 3 is 2.50 bits per heavy atom. The number of aliphatic imine (C=N–C) groups is 1. The highest BCUT2D eigenvalue weighted by molar-refractivity contribution is 14.0. The summed E-state index contributed by atoms with van der Waals surface area (Å²) in [6.07, 6.45) is 2.06. The number of guanidine groups is 1. The Kier molecular flexibility index (Phi) is 11.1. The summed E-state index contributed by atoms with van der Waals surface area (Å²) < 4.78 is 11.2. The second-order valence-electron chi connectivity index (χ2n) is 6.62. The van der Waals surface area contributed by atoms with Gasteiger partial charge in [-0.05, 0) is 32.5 Å². The standard InChI is InChI=1S/C19H32N4O2.HI/c1-20-18(21-11-14-25-15-17-7-5-4-6-8-17)22-16-19(23(2)3)9-12-24-13-10-19;/h4-8H,9-16H2,1-3H3,(H2,20,21,22);1H. The molecule has 0 aliphatic carbocycles. The fraction of sp³-hybridized carbons (Fsp3) is 0.632. The zero-order chi connectivity index (χ0) is 18.0. The van der Waals surface area contributed by atoms with E-state index in [0.29, 0.717) is 13.2 Å². The first-order valence-electron chi connectivity index (χ1n) is 8.98. The molecule has 0 bridgehead atoms. The average Bonchev–Trinajstić information content (AvgIpc) is 2.65. The van der Waals surface area contributed by atoms with Gasteiger partial charge in [0.15, 0.2) is 5.96 Å². The molecule has 1 aromatic carbocycles. The van der Waals surface area contributed by atoms with Crippen LogP contribution in [-0.2, 0) is 16.1 Å². The summed E-state index contributed by atoms with van der Waals surface area (Å²) in [7, 11) is 6.08. The Hall–Kier alpha value is -0.900. The summed E-state index contributed by atoms with van der Waals surface area (Å²) in [5.41, 5.74) is 1.32. The van der Waals surface area contributed by atoms with Gasteiger partial charge in [-0.25, -0.2) is 0 Å². The summed E-state index contributed by atoms with van der Waals surface area (Å²) in [5, 5.41) is 6.77. The first-order valence-corrected chi connectivity index (χ1v) is 8.98. The van der Waals surface area contributed by atoms with E-state index in [-0.39, 0.29) is 29.5 Å². The van der Waals surface area contributed by atoms with Crippen LogP contribution in [0.4, 0.5) is 0 Å². The maximum absolute atomic E-state index is 5.70. The molecule has 7 heteroatoms. The fourth-order valence-electron chi connectivity index (χ4n) is 3.01. The molecule has 0 spiro atoms. The summed E-state index contributed by atoms with van der Waals surface area (Å²) in [5.74, 6) is 0.816. The zero-order valence-electron chi connectivity index (χ0n) is 16.2. The highest BCUT2D eigenvalue weighted by Gasteiger charge is 2.34. The smallest absolute Gasteiger partial charge is 0.191 e. The van der Waals surface area contributed by atoms with Gasteiger partial charge in [-0.2, -0.15) is 0 Å². The van der Waals surface area contributed by atoms with Gasteiger partial charge in [-0.15, -0.1) is 24.0 Å². The molecule has 1 saturated heterocycles. The third-order valence-corrected chi connectivity index (χ3v) is 4.83. The van der Waals surface area contributed by atoms with Gasteiger partial charge in [-0.3, -0.25) is 4.99 Å². The molecule has 0 radical (unpaired) electrons. The molecule has 1 aliphatic rings. The molecule has 0 atom stereocenters. The van der Waals surface area contributed by atoms with Crippen molar-refractivity contribution in [3.63, 3.8) is 0 Å². The van der Waals surface area contributed by atoms with Gasteiger partial charge < -0.3 is 25.0 Å². The minimum atomic E-state index is 0. The van der Waals surface area contributed by atoms with Crippen LogP contribution in [0.25, 0.3) is 0 Å². The number of benzene rings is 1. The van der Waals surface area contributed by atoms with Gasteiger partial charge in [0.05, 0.1) is 13.2 Å². The van der Waals surface area contributed by atoms with Crippen LogP contribution < -0.4 is 10.6 Å². The molecule has 0 unspecified atom stereocenters. The predicted octanol–water partition coefficient (Wildman–Crippen LogP) is 2.10. The molecule has 0 saturated carbocycles. The van der Waals surface area contributed by atoms with Crippen LogP contribution >= 0.6 is 24.0 Å². The van der Waals surface area contributed by atoms with Crippen LogP contribution in [-0.4, -0.2) is 70.5 Å². The van der Waals surface area contributed by atoms with Crippen LogP contribution in [0.2, 0.25) is 0 Å². The Bertz CT molecular complexity index is 520. The van der Waals surface area contributed by atoms with Gasteiger partial charge in [-0.1, -0.05) is 30.3 Å². The Morgan fingerprint density at radius 2 is 1.88 bits per heavy atom. The molecule has 0 amide bonds. The van der Waals surface area contributed by atoms with Crippen molar-refractivity contribution < 1.29 is 9.47 Å². The average molecular weight is 476 g/mol. The summed E-state index contributed by atoms with van der Waals surface area (Å²) in [4.78, 5) is 6.61. The molecule has 6 nitrogen and oxygen atoms in total. The third-order valence-electron chi connectivity index (χ3n) is 4.83. The SMILES string of the molecule is CN=C(NCCOCc1ccccc1)NCC1(N(C)C)CCOCC1.I. The quantitative estimate of drug-likeness (QED) is 0.261. The minimum absolute atomic E-state index is 0. The number of hydrogen-bond donors (Lipinski definition) is 2. The van der Waals surface area contributed by atoms with E-state index in [1.807, 2.05) is 18.2 Å². The highest BCUT2D eigenvalue weighted by Crippen LogP contribution is 2.24. The van der Waals surface area contributed by atoms with Crippen molar-refractivity contribution in [2.75, 3.05) is 54.1 Å². The van der Waals surface area contributed by atoms with Crippen LogP contribution in [0.15, 0.2) is 35.3 Å². The van der Waals surface area contributed by atoms with Crippen LogP contribution in [0.5, 0.6) is 0 Å². The molecular weight excluding hydrogens is 443 g/mol. The first kappa shape index (κ1) is 23.1. The van der Waals surface area contributed by atoms with Gasteiger partial charge in [0.1, 0.15) is 0 Å². The van der Waals surface area contributed by atoms with Crippen LogP contribution in [0.3, 0.4) is 0 Å². The molecule has 1 fully saturated rings. The molecular formula is C19H33IN4O2. The molecule has 2 N–H and O–H groups in total. The molecule has 1 aromatic rings. The van der Waals surface area contributed by atoms with Gasteiger partial charge in [0.25, 0.3) is 0 Å². The van der Waals surface area contributed by atoms with Crippen LogP contribution in [0.1, 0.15) is 18.4 Å². The van der Waals surface area contributed by atoms with E-state index in [1.54, 1.807) is 7.05 Å². The van der Waals surface area contributed by atoms with E-state index in [1.165, 1.54) is 5.56 Å². The predicted molar refractivity (Wildman–Crippen MR) is 117 cm³/mol. The lowest BCUT2D eigenvalue weighted by Crippen LogP contribution is -2.57. The maximum Gasteiger partial charge on any atom is 0.191 e. The maximum atomic E-state index is 5.70. The van der Waals surface area contributed by atoms with Crippen molar-refractivity contribution >= 4 is 29.9 Å². The molecule has 2 rings (SSSR count). The van der Waals surface area contributed by atoms with E-state index in [9.17, 15) is 0 Å². The second-order valence-corrected chi connectivity index (χ2v) is 6.62. The van der Waals surface area contributed by atoms with Crippen molar-refractivity contribution in [1.82, 2.24) is 15.5 Å². The lowest BCUT2D eigenvalue weighted by atomic mass is 9.88. The molecule has 26 heavy (non-hydrogen) atoms. The summed E-state index contributed by atoms with van der Waals surface area (Å²) >= 11 is 0. The van der Waals surface area contributed by atoms with E-state index in [4.69, 9.17) is 9.47 Å². The van der Waals surface area contributed by atoms with Crippen molar-refractivity contribution in [1.29, 1.82) is 0 Å². The monoisotopic (exact) mass is 476 g/mol. The lowest BCUT2D eigenvalue weighted by molar-refractivity contribution is -0.00502. The number of hydrogen-bond acceptors (Lipinski definition) is 4. The van der Waals surface area contributed by atoms with Gasteiger partial charge >= 0.3 is 0 Å². The Balaban J connectivity index is 0.00000338. The number of likely N-dealkylation sites (N-methyl/N-ethyl adjacent to an activating group) is 1. The first-order chi connectivity index (χ1) is 12.2. The number of nitrogens with zero attached hydrogens (tertiary/aromatic N) is 2. The third kappa shape index (κ3) is 7.38. The largest absolute Gasteiger partial charge is 0.381 e. The normalized spacial score (nSPS) is 16.8. The van der Waals surface area contributed by atoms with Gasteiger partial charge in [0.2, 0.25) is 0 Å². The Morgan fingerprint density at radius 1 is 1.19 bits per heavy atom. The van der Waals surface area contributed by atoms with E-state index in [0.717, 1.165) is 45.1 Å². The number of halogens is 1. The van der Waals surface area contributed by atoms with Crippen LogP contribution in [0, 0.1) is 0 Å². The molecule has 1 aliphatic heterocycles. The lowest BCUT2D eigenvalue weighted by Gasteiger charge is -2.43. The zero-order valence-corrected chi connectivity index (χ0v) is 18.5. The van der Waals surface area contributed by atoms with E-state index >= 15 is 0 Å². The minimum Gasteiger partial charge on any atom is -0.381 e. The molecule has 0 aromatic heterocycles. The van der Waals surface area contributed by atoms with Crippen molar-refractivity contribution in [3.05, 3.63) is 35.9 Å². The van der Waals surface area contributed by atoms with Gasteiger partial charge in [0, 0.05) is 38.9 Å². The van der Waals surface area contributed by atoms with Crippen molar-refractivity contribution in [3.8, 4) is 0 Å². The Labute approximate surface area is 174 Å². The number of ether oxygens (including phenoxy) is 2. The fourth-order valence-corrected chi connectivity index (χ4v) is 3.01. The topological polar surface area (TPSA) is 58.1 Å².